The first-order valence-corrected chi connectivity index (χ1v) is 19.8. The quantitative estimate of drug-likeness (QED) is 0.170. The maximum Gasteiger partial charge on any atom is 0.160 e. The molecule has 0 bridgehead atoms. The second kappa shape index (κ2) is 16.3. The van der Waals surface area contributed by atoms with Gasteiger partial charge in [-0.2, -0.15) is 0 Å². The zero-order valence-electron chi connectivity index (χ0n) is 31.8. The average molecular weight is 720 g/mol. The zero-order chi connectivity index (χ0) is 37.6. The van der Waals surface area contributed by atoms with Gasteiger partial charge in [0.15, 0.2) is 5.82 Å². The summed E-state index contributed by atoms with van der Waals surface area (Å²) in [7, 11) is 0. The number of para-hydroxylation sites is 2. The highest BCUT2D eigenvalue weighted by Gasteiger charge is 2.18. The number of hydrogen-bond donors (Lipinski definition) is 0. The molecule has 0 saturated carbocycles. The van der Waals surface area contributed by atoms with Crippen LogP contribution in [0.3, 0.4) is 0 Å². The Hall–Kier alpha value is -6.10. The second-order valence-corrected chi connectivity index (χ2v) is 13.5. The Balaban J connectivity index is 0.000000523. The first-order chi connectivity index (χ1) is 26.7. The molecule has 54 heavy (non-hydrogen) atoms. The van der Waals surface area contributed by atoms with Crippen molar-refractivity contribution in [1.82, 2.24) is 14.5 Å². The van der Waals surface area contributed by atoms with Crippen molar-refractivity contribution < 1.29 is 0 Å². The van der Waals surface area contributed by atoms with Crippen LogP contribution in [0, 0.1) is 0 Å². The molecule has 0 N–H and O–H groups in total. The lowest BCUT2D eigenvalue weighted by Gasteiger charge is -2.12. The normalized spacial score (nSPS) is 11.1. The summed E-state index contributed by atoms with van der Waals surface area (Å²) in [4.78, 5) is 10.3. The van der Waals surface area contributed by atoms with Crippen molar-refractivity contribution >= 4 is 75.0 Å². The van der Waals surface area contributed by atoms with Gasteiger partial charge in [-0.25, -0.2) is 9.97 Å². The number of nitrogens with zero attached hydrogens (tertiary/aromatic N) is 3. The van der Waals surface area contributed by atoms with Crippen LogP contribution in [0.2, 0.25) is 0 Å². The average Bonchev–Trinajstić information content (AvgIpc) is 3.81. The molecule has 0 atom stereocenters. The van der Waals surface area contributed by atoms with Gasteiger partial charge in [0.2, 0.25) is 0 Å². The summed E-state index contributed by atoms with van der Waals surface area (Å²) >= 11 is 1.83. The fourth-order valence-electron chi connectivity index (χ4n) is 7.12. The second-order valence-electron chi connectivity index (χ2n) is 12.4. The number of aromatic nitrogens is 3. The highest BCUT2D eigenvalue weighted by molar-refractivity contribution is 7.26. The lowest BCUT2D eigenvalue weighted by Crippen LogP contribution is -1.97. The van der Waals surface area contributed by atoms with E-state index in [0.717, 1.165) is 39.2 Å². The molecule has 3 heterocycles. The van der Waals surface area contributed by atoms with Crippen LogP contribution < -0.4 is 0 Å². The number of thiophene rings is 1. The van der Waals surface area contributed by atoms with E-state index in [9.17, 15) is 0 Å². The van der Waals surface area contributed by atoms with E-state index in [1.807, 2.05) is 65.0 Å². The lowest BCUT2D eigenvalue weighted by atomic mass is 10.0. The van der Waals surface area contributed by atoms with Crippen molar-refractivity contribution in [2.75, 3.05) is 0 Å². The van der Waals surface area contributed by atoms with Crippen molar-refractivity contribution in [2.45, 2.75) is 41.5 Å². The van der Waals surface area contributed by atoms with Crippen molar-refractivity contribution in [2.24, 2.45) is 0 Å². The Kier molecular flexibility index (Phi) is 10.9. The Morgan fingerprint density at radius 3 is 1.89 bits per heavy atom. The van der Waals surface area contributed by atoms with Gasteiger partial charge >= 0.3 is 0 Å². The third kappa shape index (κ3) is 6.44. The van der Waals surface area contributed by atoms with Crippen molar-refractivity contribution in [3.8, 4) is 28.3 Å². The first-order valence-electron chi connectivity index (χ1n) is 19.0. The fraction of sp³-hybridized carbons (Fsp3) is 0.120. The predicted molar refractivity (Wildman–Crippen MR) is 238 cm³/mol. The van der Waals surface area contributed by atoms with E-state index < -0.39 is 0 Å². The standard InChI is InChI=1S/C42H25N3S.C4H8.2C2H6/c1-2-11-29-26(10-1)22-25-37-39(29)33-14-4-7-18-36(33)45(37)28-23-20-27(21-24-28)42-43-35-17-6-3-13-32(35)40(44-42)34-16-9-15-31-30-12-5-8-19-38(30)46-41(31)34;1-3-4-2;2*1-2/h1-25H;3-4H,1-2H3;2*1-2H3/b;4-3-;;. The van der Waals surface area contributed by atoms with Gasteiger partial charge in [-0.05, 0) is 73.2 Å². The molecule has 0 fully saturated rings. The van der Waals surface area contributed by atoms with E-state index >= 15 is 0 Å². The van der Waals surface area contributed by atoms with Crippen LogP contribution in [0.1, 0.15) is 41.5 Å². The number of hydrogen-bond acceptors (Lipinski definition) is 3. The van der Waals surface area contributed by atoms with Crippen molar-refractivity contribution in [3.63, 3.8) is 0 Å². The number of allylic oxidation sites excluding steroid dienone is 2. The molecule has 0 aliphatic heterocycles. The SMILES string of the molecule is C/C=C\C.CC.CC.c1ccc2c(c1)ccc1c2c2ccccc2n1-c1ccc(-c2nc(-c3cccc4c3sc3ccccc34)c3ccccc3n2)cc1. The molecule has 4 heteroatoms. The monoisotopic (exact) mass is 719 g/mol. The van der Waals surface area contributed by atoms with Gasteiger partial charge in [0.25, 0.3) is 0 Å². The predicted octanol–water partition coefficient (Wildman–Crippen LogP) is 15.2. The van der Waals surface area contributed by atoms with Crippen LogP contribution in [0.5, 0.6) is 0 Å². The molecular weight excluding hydrogens is 675 g/mol. The summed E-state index contributed by atoms with van der Waals surface area (Å²) in [5, 5.41) is 8.70. The molecule has 0 spiro atoms. The number of fused-ring (bicyclic) bond motifs is 9. The van der Waals surface area contributed by atoms with E-state index in [0.29, 0.717) is 0 Å². The molecule has 10 aromatic rings. The molecule has 7 aromatic carbocycles. The van der Waals surface area contributed by atoms with Crippen LogP contribution in [0.25, 0.3) is 92.0 Å². The molecule has 0 radical (unpaired) electrons. The van der Waals surface area contributed by atoms with Gasteiger partial charge in [-0.3, -0.25) is 0 Å². The minimum absolute atomic E-state index is 0.728. The third-order valence-electron chi connectivity index (χ3n) is 9.54. The van der Waals surface area contributed by atoms with Gasteiger partial charge in [0.1, 0.15) is 0 Å². The highest BCUT2D eigenvalue weighted by Crippen LogP contribution is 2.42. The molecule has 266 valence electrons. The van der Waals surface area contributed by atoms with Gasteiger partial charge in [0.05, 0.1) is 22.2 Å². The van der Waals surface area contributed by atoms with Crippen LogP contribution >= 0.6 is 11.3 Å². The van der Waals surface area contributed by atoms with E-state index in [4.69, 9.17) is 9.97 Å². The molecule has 10 rings (SSSR count). The van der Waals surface area contributed by atoms with Gasteiger partial charge in [-0.1, -0.05) is 143 Å². The Labute approximate surface area is 321 Å². The molecule has 0 aliphatic rings. The summed E-state index contributed by atoms with van der Waals surface area (Å²) in [6, 6.07) is 54.1. The van der Waals surface area contributed by atoms with E-state index in [1.165, 1.54) is 52.8 Å². The summed E-state index contributed by atoms with van der Waals surface area (Å²) in [5.41, 5.74) is 7.56. The smallest absolute Gasteiger partial charge is 0.160 e. The first kappa shape index (κ1) is 36.3. The minimum atomic E-state index is 0.728. The van der Waals surface area contributed by atoms with Crippen molar-refractivity contribution in [3.05, 3.63) is 164 Å². The maximum atomic E-state index is 5.28. The molecule has 0 unspecified atom stereocenters. The third-order valence-corrected chi connectivity index (χ3v) is 10.8. The van der Waals surface area contributed by atoms with Crippen LogP contribution in [-0.4, -0.2) is 14.5 Å². The molecule has 3 aromatic heterocycles. The highest BCUT2D eigenvalue weighted by atomic mass is 32.1. The Morgan fingerprint density at radius 2 is 1.13 bits per heavy atom. The molecule has 0 aliphatic carbocycles. The molecule has 0 amide bonds. The van der Waals surface area contributed by atoms with Crippen LogP contribution in [0.4, 0.5) is 0 Å². The number of rotatable bonds is 3. The topological polar surface area (TPSA) is 30.7 Å². The lowest BCUT2D eigenvalue weighted by molar-refractivity contribution is 1.17. The maximum absolute atomic E-state index is 5.28. The minimum Gasteiger partial charge on any atom is -0.309 e. The van der Waals surface area contributed by atoms with Gasteiger partial charge in [0, 0.05) is 53.1 Å². The van der Waals surface area contributed by atoms with Crippen LogP contribution in [0.15, 0.2) is 164 Å². The van der Waals surface area contributed by atoms with Gasteiger partial charge < -0.3 is 4.57 Å². The summed E-state index contributed by atoms with van der Waals surface area (Å²) in [6.07, 6.45) is 4.00. The molecule has 0 saturated heterocycles. The van der Waals surface area contributed by atoms with Gasteiger partial charge in [-0.15, -0.1) is 11.3 Å². The van der Waals surface area contributed by atoms with E-state index in [2.05, 4.69) is 156 Å². The number of benzene rings is 7. The summed E-state index contributed by atoms with van der Waals surface area (Å²) in [5.74, 6) is 0.728. The van der Waals surface area contributed by atoms with E-state index in [1.54, 1.807) is 0 Å². The Bertz CT molecular complexity index is 2890. The summed E-state index contributed by atoms with van der Waals surface area (Å²) in [6.45, 7) is 12.0. The fourth-order valence-corrected chi connectivity index (χ4v) is 8.34. The van der Waals surface area contributed by atoms with E-state index in [-0.39, 0.29) is 0 Å². The molecule has 3 nitrogen and oxygen atoms in total. The van der Waals surface area contributed by atoms with Crippen molar-refractivity contribution in [1.29, 1.82) is 0 Å². The van der Waals surface area contributed by atoms with Crippen LogP contribution in [-0.2, 0) is 0 Å². The zero-order valence-corrected chi connectivity index (χ0v) is 32.7. The molecular formula is C50H45N3S. The largest absolute Gasteiger partial charge is 0.309 e. The summed E-state index contributed by atoms with van der Waals surface area (Å²) < 4.78 is 4.92. The Morgan fingerprint density at radius 1 is 0.500 bits per heavy atom.